The first kappa shape index (κ1) is 21.8. The van der Waals surface area contributed by atoms with Crippen LogP contribution in [0.25, 0.3) is 0 Å². The lowest BCUT2D eigenvalue weighted by Crippen LogP contribution is -2.36. The summed E-state index contributed by atoms with van der Waals surface area (Å²) in [6.45, 7) is 4.38. The van der Waals surface area contributed by atoms with Crippen molar-refractivity contribution in [1.29, 1.82) is 0 Å². The second kappa shape index (κ2) is 10.2. The lowest BCUT2D eigenvalue weighted by Gasteiger charge is -2.33. The summed E-state index contributed by atoms with van der Waals surface area (Å²) in [5.41, 5.74) is 3.17. The fraction of sp³-hybridized carbons (Fsp3) is 0.455. The molecule has 0 radical (unpaired) electrons. The Bertz CT molecular complexity index is 853. The smallest absolute Gasteiger partial charge is 0.220 e. The van der Waals surface area contributed by atoms with E-state index < -0.39 is 0 Å². The third kappa shape index (κ3) is 5.80. The average Bonchev–Trinajstić information content (AvgIpc) is 2.74. The Morgan fingerprint density at radius 2 is 2.07 bits per heavy atom. The van der Waals surface area contributed by atoms with Crippen LogP contribution >= 0.6 is 23.4 Å². The molecule has 1 aliphatic rings. The largest absolute Gasteiger partial charge is 0.385 e. The lowest BCUT2D eigenvalue weighted by molar-refractivity contribution is -0.122. The number of carbonyl (C=O) groups excluding carboxylic acids is 1. The van der Waals surface area contributed by atoms with Gasteiger partial charge in [0.1, 0.15) is 0 Å². The summed E-state index contributed by atoms with van der Waals surface area (Å²) in [6.07, 6.45) is 6.57. The van der Waals surface area contributed by atoms with Gasteiger partial charge in [-0.3, -0.25) is 4.79 Å². The number of hydrogen-bond acceptors (Lipinski definition) is 5. The predicted molar refractivity (Wildman–Crippen MR) is 123 cm³/mol. The Morgan fingerprint density at radius 3 is 2.72 bits per heavy atom. The van der Waals surface area contributed by atoms with Crippen molar-refractivity contribution in [3.63, 3.8) is 0 Å². The molecule has 1 aromatic carbocycles. The summed E-state index contributed by atoms with van der Waals surface area (Å²) < 4.78 is 0. The van der Waals surface area contributed by atoms with Gasteiger partial charge in [0.2, 0.25) is 5.91 Å². The van der Waals surface area contributed by atoms with Crippen molar-refractivity contribution in [3.05, 3.63) is 46.6 Å². The van der Waals surface area contributed by atoms with Crippen LogP contribution in [0, 0.1) is 12.8 Å². The predicted octanol–water partition coefficient (Wildman–Crippen LogP) is 4.73. The Hall–Kier alpha value is -1.92. The van der Waals surface area contributed by atoms with Crippen molar-refractivity contribution < 1.29 is 4.79 Å². The Morgan fingerprint density at radius 1 is 1.31 bits per heavy atom. The van der Waals surface area contributed by atoms with Crippen molar-refractivity contribution >= 4 is 40.8 Å². The molecule has 1 fully saturated rings. The molecule has 0 aliphatic carbocycles. The Kier molecular flexibility index (Phi) is 7.67. The van der Waals surface area contributed by atoms with E-state index in [0.29, 0.717) is 18.9 Å². The molecule has 5 nitrogen and oxygen atoms in total. The van der Waals surface area contributed by atoms with Crippen LogP contribution in [0.3, 0.4) is 0 Å². The van der Waals surface area contributed by atoms with E-state index in [4.69, 9.17) is 11.6 Å². The van der Waals surface area contributed by atoms with Gasteiger partial charge in [0.25, 0.3) is 0 Å². The number of halogens is 1. The van der Waals surface area contributed by atoms with Gasteiger partial charge in [-0.15, -0.1) is 11.8 Å². The van der Waals surface area contributed by atoms with Gasteiger partial charge in [-0.1, -0.05) is 23.7 Å². The average molecular weight is 433 g/mol. The molecule has 1 amide bonds. The van der Waals surface area contributed by atoms with Crippen LogP contribution in [-0.4, -0.2) is 37.3 Å². The molecule has 1 saturated heterocycles. The third-order valence-electron chi connectivity index (χ3n) is 5.45. The lowest BCUT2D eigenvalue weighted by atomic mass is 9.93. The fourth-order valence-electron chi connectivity index (χ4n) is 3.69. The number of pyridine rings is 1. The number of rotatable bonds is 7. The SMILES string of the molecule is CNc1cc(SC)cnc1N1CCC(CC(=O)NCc2ccc(Cl)c(C)c2)CC1. The van der Waals surface area contributed by atoms with Gasteiger partial charge >= 0.3 is 0 Å². The maximum Gasteiger partial charge on any atom is 0.220 e. The van der Waals surface area contributed by atoms with Crippen LogP contribution in [0.2, 0.25) is 5.02 Å². The molecule has 1 aliphatic heterocycles. The van der Waals surface area contributed by atoms with Crippen molar-refractivity contribution in [2.45, 2.75) is 37.6 Å². The number of anilines is 2. The Labute approximate surface area is 182 Å². The van der Waals surface area contributed by atoms with E-state index in [1.165, 1.54) is 0 Å². The second-order valence-electron chi connectivity index (χ2n) is 7.49. The second-order valence-corrected chi connectivity index (χ2v) is 8.78. The van der Waals surface area contributed by atoms with E-state index in [0.717, 1.165) is 58.5 Å². The van der Waals surface area contributed by atoms with Crippen molar-refractivity contribution in [2.75, 3.05) is 36.6 Å². The third-order valence-corrected chi connectivity index (χ3v) is 6.57. The molecule has 0 saturated carbocycles. The summed E-state index contributed by atoms with van der Waals surface area (Å²) in [5.74, 6) is 1.54. The van der Waals surface area contributed by atoms with Gasteiger partial charge in [0.05, 0.1) is 5.69 Å². The zero-order valence-electron chi connectivity index (χ0n) is 17.3. The number of carbonyl (C=O) groups is 1. The van der Waals surface area contributed by atoms with Crippen LogP contribution in [0.4, 0.5) is 11.5 Å². The fourth-order valence-corrected chi connectivity index (χ4v) is 4.20. The number of thioether (sulfide) groups is 1. The highest BCUT2D eigenvalue weighted by molar-refractivity contribution is 7.98. The van der Waals surface area contributed by atoms with Crippen LogP contribution < -0.4 is 15.5 Å². The van der Waals surface area contributed by atoms with E-state index in [-0.39, 0.29) is 5.91 Å². The zero-order valence-corrected chi connectivity index (χ0v) is 18.9. The van der Waals surface area contributed by atoms with E-state index in [1.54, 1.807) is 11.8 Å². The Balaban J connectivity index is 1.48. The summed E-state index contributed by atoms with van der Waals surface area (Å²) in [4.78, 5) is 20.5. The maximum absolute atomic E-state index is 12.4. The molecule has 2 aromatic rings. The molecular formula is C22H29ClN4OS. The highest BCUT2D eigenvalue weighted by Gasteiger charge is 2.23. The summed E-state index contributed by atoms with van der Waals surface area (Å²) in [5, 5.41) is 7.06. The summed E-state index contributed by atoms with van der Waals surface area (Å²) in [7, 11) is 1.93. The molecule has 2 heterocycles. The number of piperidine rings is 1. The van der Waals surface area contributed by atoms with Crippen LogP contribution in [0.5, 0.6) is 0 Å². The molecule has 156 valence electrons. The van der Waals surface area contributed by atoms with Crippen LogP contribution in [-0.2, 0) is 11.3 Å². The molecule has 0 spiro atoms. The number of aryl methyl sites for hydroxylation is 1. The van der Waals surface area contributed by atoms with Gasteiger partial charge < -0.3 is 15.5 Å². The topological polar surface area (TPSA) is 57.3 Å². The minimum Gasteiger partial charge on any atom is -0.385 e. The van der Waals surface area contributed by atoms with E-state index in [2.05, 4.69) is 32.8 Å². The number of hydrogen-bond donors (Lipinski definition) is 2. The number of benzene rings is 1. The first-order valence-electron chi connectivity index (χ1n) is 9.98. The molecule has 0 bridgehead atoms. The maximum atomic E-state index is 12.4. The summed E-state index contributed by atoms with van der Waals surface area (Å²) >= 11 is 7.75. The van der Waals surface area contributed by atoms with Crippen LogP contribution in [0.1, 0.15) is 30.4 Å². The molecular weight excluding hydrogens is 404 g/mol. The van der Waals surface area contributed by atoms with E-state index in [1.807, 2.05) is 38.4 Å². The van der Waals surface area contributed by atoms with Gasteiger partial charge in [-0.25, -0.2) is 4.98 Å². The molecule has 29 heavy (non-hydrogen) atoms. The van der Waals surface area contributed by atoms with Gasteiger partial charge in [0.15, 0.2) is 5.82 Å². The monoisotopic (exact) mass is 432 g/mol. The molecule has 0 unspecified atom stereocenters. The highest BCUT2D eigenvalue weighted by atomic mass is 35.5. The summed E-state index contributed by atoms with van der Waals surface area (Å²) in [6, 6.07) is 8.01. The number of amides is 1. The van der Waals surface area contributed by atoms with Crippen molar-refractivity contribution in [1.82, 2.24) is 10.3 Å². The zero-order chi connectivity index (χ0) is 20.8. The van der Waals surface area contributed by atoms with Gasteiger partial charge in [0, 0.05) is 49.2 Å². The molecule has 7 heteroatoms. The van der Waals surface area contributed by atoms with Gasteiger partial charge in [-0.05, 0) is 55.2 Å². The van der Waals surface area contributed by atoms with E-state index in [9.17, 15) is 4.79 Å². The van der Waals surface area contributed by atoms with Crippen molar-refractivity contribution in [2.24, 2.45) is 5.92 Å². The van der Waals surface area contributed by atoms with Gasteiger partial charge in [-0.2, -0.15) is 0 Å². The van der Waals surface area contributed by atoms with E-state index >= 15 is 0 Å². The standard InChI is InChI=1S/C22H29ClN4OS/c1-15-10-17(4-5-19(15)23)13-25-21(28)11-16-6-8-27(9-7-16)22-20(24-2)12-18(29-3)14-26-22/h4-5,10,12,14,16,24H,6-9,11,13H2,1-3H3,(H,25,28). The molecule has 0 atom stereocenters. The molecule has 3 rings (SSSR count). The molecule has 1 aromatic heterocycles. The van der Waals surface area contributed by atoms with Crippen molar-refractivity contribution in [3.8, 4) is 0 Å². The number of nitrogens with zero attached hydrogens (tertiary/aromatic N) is 2. The number of nitrogens with one attached hydrogen (secondary N) is 2. The minimum absolute atomic E-state index is 0.120. The first-order valence-corrected chi connectivity index (χ1v) is 11.6. The normalized spacial score (nSPS) is 14.7. The molecule has 2 N–H and O–H groups in total. The quantitative estimate of drug-likeness (QED) is 0.619. The highest BCUT2D eigenvalue weighted by Crippen LogP contribution is 2.31. The number of aromatic nitrogens is 1. The first-order chi connectivity index (χ1) is 14.0. The minimum atomic E-state index is 0.120. The van der Waals surface area contributed by atoms with Crippen LogP contribution in [0.15, 0.2) is 35.4 Å².